The lowest BCUT2D eigenvalue weighted by Crippen LogP contribution is -2.62. The molecule has 4 aromatic rings. The van der Waals surface area contributed by atoms with Gasteiger partial charge in [-0.1, -0.05) is 11.3 Å². The number of phenolic OH excluding ortho intramolecular Hbond substituents is 1. The molecule has 0 unspecified atom stereocenters. The Morgan fingerprint density at radius 2 is 1.74 bits per heavy atom. The quantitative estimate of drug-likeness (QED) is 0.460. The van der Waals surface area contributed by atoms with E-state index in [1.54, 1.807) is 23.0 Å². The molecule has 1 aromatic carbocycles. The van der Waals surface area contributed by atoms with E-state index in [1.165, 1.54) is 0 Å². The summed E-state index contributed by atoms with van der Waals surface area (Å²) >= 11 is 0. The van der Waals surface area contributed by atoms with Crippen LogP contribution < -0.4 is 10.2 Å². The molecule has 35 heavy (non-hydrogen) atoms. The number of hydrogen-bond acceptors (Lipinski definition) is 9. The summed E-state index contributed by atoms with van der Waals surface area (Å²) in [5.41, 5.74) is 3.99. The van der Waals surface area contributed by atoms with Crippen molar-refractivity contribution in [1.29, 1.82) is 0 Å². The molecule has 1 aliphatic rings. The van der Waals surface area contributed by atoms with Crippen LogP contribution >= 0.6 is 0 Å². The molecule has 0 amide bonds. The first kappa shape index (κ1) is 23.1. The van der Waals surface area contributed by atoms with Crippen LogP contribution in [0.5, 0.6) is 5.75 Å². The fraction of sp³-hybridized carbons (Fsp3) is 0.440. The molecule has 1 fully saturated rings. The fourth-order valence-electron chi connectivity index (χ4n) is 5.25. The van der Waals surface area contributed by atoms with Crippen molar-refractivity contribution in [2.45, 2.75) is 57.7 Å². The fourth-order valence-corrected chi connectivity index (χ4v) is 5.25. The largest absolute Gasteiger partial charge is 0.507 e. The molecule has 3 aromatic heterocycles. The number of pyridine rings is 1. The lowest BCUT2D eigenvalue weighted by atomic mass is 9.79. The van der Waals surface area contributed by atoms with Gasteiger partial charge < -0.3 is 15.3 Å². The van der Waals surface area contributed by atoms with Crippen LogP contribution in [0, 0.1) is 0 Å². The highest BCUT2D eigenvalue weighted by Crippen LogP contribution is 2.34. The Morgan fingerprint density at radius 1 is 1.00 bits per heavy atom. The zero-order valence-electron chi connectivity index (χ0n) is 21.0. The van der Waals surface area contributed by atoms with Gasteiger partial charge in [0.15, 0.2) is 0 Å². The van der Waals surface area contributed by atoms with Crippen LogP contribution in [-0.4, -0.2) is 64.4 Å². The molecule has 0 saturated carbocycles. The van der Waals surface area contributed by atoms with Crippen molar-refractivity contribution in [2.24, 2.45) is 7.05 Å². The van der Waals surface area contributed by atoms with Gasteiger partial charge in [0.25, 0.3) is 0 Å². The Labute approximate surface area is 204 Å². The molecule has 10 nitrogen and oxygen atoms in total. The number of piperidine rings is 1. The van der Waals surface area contributed by atoms with Crippen molar-refractivity contribution < 1.29 is 5.11 Å². The van der Waals surface area contributed by atoms with E-state index in [0.717, 1.165) is 23.9 Å². The molecule has 10 heteroatoms. The van der Waals surface area contributed by atoms with Crippen LogP contribution in [0.4, 0.5) is 5.95 Å². The van der Waals surface area contributed by atoms with Gasteiger partial charge in [-0.25, -0.2) is 14.6 Å². The highest BCUT2D eigenvalue weighted by atomic mass is 16.3. The summed E-state index contributed by atoms with van der Waals surface area (Å²) in [6.07, 6.45) is 3.62. The Hall–Kier alpha value is -3.66. The summed E-state index contributed by atoms with van der Waals surface area (Å²) in [4.78, 5) is 11.2. The highest BCUT2D eigenvalue weighted by molar-refractivity contribution is 5.77. The van der Waals surface area contributed by atoms with E-state index < -0.39 is 0 Å². The second-order valence-electron chi connectivity index (χ2n) is 10.7. The maximum atomic E-state index is 10.7. The van der Waals surface area contributed by atoms with Crippen LogP contribution in [-0.2, 0) is 7.05 Å². The standard InChI is InChI=1S/C25H31N9O/c1-24(2)12-16(13-25(3,4)31-24)33(5)23-26-14-19(28-30-23)17-8-7-15(11-21(17)35)18-9-10-20-22(27-18)29-32-34(20)6/h7-11,14,16,31,35H,12-13H2,1-6H3. The molecule has 1 aliphatic heterocycles. The molecule has 1 saturated heterocycles. The average molecular weight is 474 g/mol. The summed E-state index contributed by atoms with van der Waals surface area (Å²) in [5, 5.41) is 31.3. The van der Waals surface area contributed by atoms with Gasteiger partial charge in [-0.05, 0) is 64.8 Å². The molecule has 0 atom stereocenters. The number of hydrogen-bond donors (Lipinski definition) is 2. The van der Waals surface area contributed by atoms with Crippen molar-refractivity contribution >= 4 is 17.1 Å². The van der Waals surface area contributed by atoms with Gasteiger partial charge in [-0.15, -0.1) is 15.3 Å². The van der Waals surface area contributed by atoms with Crippen molar-refractivity contribution in [2.75, 3.05) is 11.9 Å². The molecular formula is C25H31N9O. The molecular weight excluding hydrogens is 442 g/mol. The first-order chi connectivity index (χ1) is 16.5. The number of aryl methyl sites for hydroxylation is 1. The molecule has 4 heterocycles. The predicted octanol–water partition coefficient (Wildman–Crippen LogP) is 3.33. The second kappa shape index (κ2) is 8.23. The summed E-state index contributed by atoms with van der Waals surface area (Å²) in [5.74, 6) is 0.660. The third-order valence-electron chi connectivity index (χ3n) is 6.63. The minimum Gasteiger partial charge on any atom is -0.507 e. The summed E-state index contributed by atoms with van der Waals surface area (Å²) in [6.45, 7) is 8.91. The summed E-state index contributed by atoms with van der Waals surface area (Å²) in [7, 11) is 3.84. The van der Waals surface area contributed by atoms with Crippen molar-refractivity contribution in [3.8, 4) is 28.3 Å². The van der Waals surface area contributed by atoms with Gasteiger partial charge in [-0.3, -0.25) is 0 Å². The van der Waals surface area contributed by atoms with E-state index in [2.05, 4.69) is 68.4 Å². The van der Waals surface area contributed by atoms with E-state index in [4.69, 9.17) is 0 Å². The minimum absolute atomic E-state index is 0.0219. The molecule has 0 bridgehead atoms. The maximum Gasteiger partial charge on any atom is 0.245 e. The molecule has 2 N–H and O–H groups in total. The molecule has 5 rings (SSSR count). The summed E-state index contributed by atoms with van der Waals surface area (Å²) < 4.78 is 1.67. The predicted molar refractivity (Wildman–Crippen MR) is 135 cm³/mol. The van der Waals surface area contributed by atoms with Crippen molar-refractivity contribution in [3.63, 3.8) is 0 Å². The molecule has 0 aliphatic carbocycles. The topological polar surface area (TPSA) is 118 Å². The Bertz CT molecular complexity index is 1360. The van der Waals surface area contributed by atoms with Gasteiger partial charge in [0.2, 0.25) is 11.6 Å². The van der Waals surface area contributed by atoms with E-state index in [1.807, 2.05) is 32.3 Å². The minimum atomic E-state index is 0.0219. The zero-order valence-corrected chi connectivity index (χ0v) is 21.0. The van der Waals surface area contributed by atoms with Crippen LogP contribution in [0.1, 0.15) is 40.5 Å². The van der Waals surface area contributed by atoms with E-state index in [0.29, 0.717) is 34.6 Å². The normalized spacial score (nSPS) is 17.5. The monoisotopic (exact) mass is 473 g/mol. The third kappa shape index (κ3) is 4.53. The van der Waals surface area contributed by atoms with Gasteiger partial charge in [-0.2, -0.15) is 0 Å². The van der Waals surface area contributed by atoms with Crippen LogP contribution in [0.25, 0.3) is 33.7 Å². The number of nitrogens with one attached hydrogen (secondary N) is 1. The smallest absolute Gasteiger partial charge is 0.245 e. The average Bonchev–Trinajstić information content (AvgIpc) is 3.17. The van der Waals surface area contributed by atoms with E-state index >= 15 is 0 Å². The lowest BCUT2D eigenvalue weighted by molar-refractivity contribution is 0.160. The number of benzene rings is 1. The number of anilines is 1. The SMILES string of the molecule is CN(c1ncc(-c2ccc(-c3ccc4c(nnn4C)n3)cc2O)nn1)C1CC(C)(C)NC(C)(C)C1. The van der Waals surface area contributed by atoms with Gasteiger partial charge in [0.1, 0.15) is 17.0 Å². The van der Waals surface area contributed by atoms with Crippen LogP contribution in [0.2, 0.25) is 0 Å². The number of aromatic nitrogens is 7. The van der Waals surface area contributed by atoms with Gasteiger partial charge in [0.05, 0.1) is 11.9 Å². The number of rotatable bonds is 4. The van der Waals surface area contributed by atoms with E-state index in [-0.39, 0.29) is 16.8 Å². The first-order valence-electron chi connectivity index (χ1n) is 11.7. The Balaban J connectivity index is 1.37. The van der Waals surface area contributed by atoms with E-state index in [9.17, 15) is 5.11 Å². The number of aromatic hydroxyl groups is 1. The maximum absolute atomic E-state index is 10.7. The second-order valence-corrected chi connectivity index (χ2v) is 10.7. The first-order valence-corrected chi connectivity index (χ1v) is 11.7. The molecule has 182 valence electrons. The Morgan fingerprint density at radius 3 is 2.40 bits per heavy atom. The van der Waals surface area contributed by atoms with Gasteiger partial charge >= 0.3 is 0 Å². The van der Waals surface area contributed by atoms with Crippen molar-refractivity contribution in [1.82, 2.24) is 40.5 Å². The molecule has 0 radical (unpaired) electrons. The summed E-state index contributed by atoms with van der Waals surface area (Å²) in [6, 6.07) is 9.45. The molecule has 0 spiro atoms. The van der Waals surface area contributed by atoms with Crippen molar-refractivity contribution in [3.05, 3.63) is 36.5 Å². The van der Waals surface area contributed by atoms with Crippen LogP contribution in [0.3, 0.4) is 0 Å². The number of phenols is 1. The van der Waals surface area contributed by atoms with Gasteiger partial charge in [0, 0.05) is 42.3 Å². The number of nitrogens with zero attached hydrogens (tertiary/aromatic N) is 8. The number of fused-ring (bicyclic) bond motifs is 1. The Kier molecular flexibility index (Phi) is 5.43. The zero-order chi connectivity index (χ0) is 25.0. The lowest BCUT2D eigenvalue weighted by Gasteiger charge is -2.48. The highest BCUT2D eigenvalue weighted by Gasteiger charge is 2.39. The van der Waals surface area contributed by atoms with Crippen LogP contribution in [0.15, 0.2) is 36.5 Å². The third-order valence-corrected chi connectivity index (χ3v) is 6.63.